The normalized spacial score (nSPS) is 9.64. The van der Waals surface area contributed by atoms with E-state index in [9.17, 15) is 0 Å². The topological polar surface area (TPSA) is 28.0 Å². The van der Waals surface area contributed by atoms with Crippen LogP contribution in [0, 0.1) is 18.8 Å². The first-order valence-corrected chi connectivity index (χ1v) is 7.11. The van der Waals surface area contributed by atoms with Crippen LogP contribution in [-0.4, -0.2) is 31.5 Å². The van der Waals surface area contributed by atoms with Gasteiger partial charge < -0.3 is 0 Å². The first-order valence-electron chi connectivity index (χ1n) is 7.11. The molecule has 0 saturated carbocycles. The highest BCUT2D eigenvalue weighted by Crippen LogP contribution is 2.19. The van der Waals surface area contributed by atoms with E-state index in [4.69, 9.17) is 0 Å². The second-order valence-corrected chi connectivity index (χ2v) is 5.22. The van der Waals surface area contributed by atoms with Gasteiger partial charge in [0.2, 0.25) is 0 Å². The minimum absolute atomic E-state index is 0.717. The summed E-state index contributed by atoms with van der Waals surface area (Å²) in [7, 11) is 3.99. The van der Waals surface area contributed by atoms with Crippen molar-refractivity contribution in [2.75, 3.05) is 20.6 Å². The van der Waals surface area contributed by atoms with E-state index in [-0.39, 0.29) is 0 Å². The third-order valence-electron chi connectivity index (χ3n) is 2.88. The first-order chi connectivity index (χ1) is 10.6. The van der Waals surface area contributed by atoms with Gasteiger partial charge in [-0.05, 0) is 50.8 Å². The lowest BCUT2D eigenvalue weighted by atomic mass is 10.1. The zero-order valence-corrected chi connectivity index (χ0v) is 13.2. The molecule has 0 fully saturated rings. The molecule has 0 N–H and O–H groups in total. The number of rotatable bonds is 3. The van der Waals surface area contributed by atoms with Crippen molar-refractivity contribution in [2.45, 2.75) is 6.92 Å². The van der Waals surface area contributed by atoms with Crippen molar-refractivity contribution < 1.29 is 0 Å². The van der Waals surface area contributed by atoms with Gasteiger partial charge in [0.15, 0.2) is 0 Å². The third-order valence-corrected chi connectivity index (χ3v) is 2.88. The Morgan fingerprint density at radius 3 is 2.50 bits per heavy atom. The van der Waals surface area contributed by atoms with Crippen molar-refractivity contribution >= 4 is 17.4 Å². The summed E-state index contributed by atoms with van der Waals surface area (Å²) in [4.78, 5) is 10.5. The summed E-state index contributed by atoms with van der Waals surface area (Å²) in [6, 6.07) is 18.4. The molecule has 0 heterocycles. The van der Waals surface area contributed by atoms with Crippen LogP contribution >= 0.6 is 0 Å². The summed E-state index contributed by atoms with van der Waals surface area (Å²) in [5.74, 6) is 6.30. The minimum atomic E-state index is 0.717. The minimum Gasteiger partial charge on any atom is -0.299 e. The number of para-hydroxylation sites is 1. The molecule has 2 aromatic carbocycles. The molecule has 22 heavy (non-hydrogen) atoms. The van der Waals surface area contributed by atoms with E-state index in [2.05, 4.69) is 27.8 Å². The van der Waals surface area contributed by atoms with Crippen LogP contribution in [0.1, 0.15) is 11.1 Å². The molecular weight excluding hydrogens is 270 g/mol. The second-order valence-electron chi connectivity index (χ2n) is 5.22. The van der Waals surface area contributed by atoms with Crippen LogP contribution in [0.25, 0.3) is 0 Å². The Kier molecular flexibility index (Phi) is 5.68. The SMILES string of the molecule is Cc1ccc(N=C=Nc2ccccc2)c(C#CCN(C)C)c1. The van der Waals surface area contributed by atoms with Crippen molar-refractivity contribution in [1.82, 2.24) is 4.90 Å². The van der Waals surface area contributed by atoms with Gasteiger partial charge in [0, 0.05) is 0 Å². The fourth-order valence-corrected chi connectivity index (χ4v) is 1.78. The standard InChI is InChI=1S/C19H19N3/c1-16-11-12-19(17(14-16)8-7-13-22(2)3)21-15-20-18-9-5-4-6-10-18/h4-6,9-12,14H,13H2,1-3H3. The monoisotopic (exact) mass is 289 g/mol. The summed E-state index contributed by atoms with van der Waals surface area (Å²) in [6.45, 7) is 2.76. The second kappa shape index (κ2) is 7.95. The van der Waals surface area contributed by atoms with Gasteiger partial charge in [-0.15, -0.1) is 0 Å². The highest BCUT2D eigenvalue weighted by atomic mass is 15.0. The third kappa shape index (κ3) is 5.03. The fourth-order valence-electron chi connectivity index (χ4n) is 1.78. The molecule has 0 aliphatic rings. The predicted molar refractivity (Wildman–Crippen MR) is 92.2 cm³/mol. The fraction of sp³-hybridized carbons (Fsp3) is 0.211. The van der Waals surface area contributed by atoms with Gasteiger partial charge in [0.25, 0.3) is 0 Å². The summed E-state index contributed by atoms with van der Waals surface area (Å²) >= 11 is 0. The average molecular weight is 289 g/mol. The molecule has 2 aromatic rings. The Bertz CT molecular complexity index is 743. The number of aryl methyl sites for hydroxylation is 1. The van der Waals surface area contributed by atoms with E-state index in [1.54, 1.807) is 0 Å². The molecule has 110 valence electrons. The molecule has 0 aliphatic carbocycles. The maximum absolute atomic E-state index is 4.31. The van der Waals surface area contributed by atoms with Crippen LogP contribution < -0.4 is 0 Å². The molecule has 0 bridgehead atoms. The zero-order valence-electron chi connectivity index (χ0n) is 13.2. The summed E-state index contributed by atoms with van der Waals surface area (Å²) in [5.41, 5.74) is 3.68. The largest absolute Gasteiger partial charge is 0.299 e. The van der Waals surface area contributed by atoms with E-state index in [1.807, 2.05) is 74.4 Å². The van der Waals surface area contributed by atoms with E-state index < -0.39 is 0 Å². The lowest BCUT2D eigenvalue weighted by Gasteiger charge is -2.02. The molecule has 0 spiro atoms. The van der Waals surface area contributed by atoms with Crippen LogP contribution in [0.4, 0.5) is 11.4 Å². The number of benzene rings is 2. The number of nitrogens with zero attached hydrogens (tertiary/aromatic N) is 3. The van der Waals surface area contributed by atoms with E-state index >= 15 is 0 Å². The van der Waals surface area contributed by atoms with Crippen molar-refractivity contribution in [3.05, 3.63) is 59.7 Å². The van der Waals surface area contributed by atoms with Crippen molar-refractivity contribution in [1.29, 1.82) is 0 Å². The van der Waals surface area contributed by atoms with Crippen LogP contribution in [-0.2, 0) is 0 Å². The van der Waals surface area contributed by atoms with Gasteiger partial charge in [-0.25, -0.2) is 0 Å². The lowest BCUT2D eigenvalue weighted by molar-refractivity contribution is 0.464. The highest BCUT2D eigenvalue weighted by Gasteiger charge is 1.98. The van der Waals surface area contributed by atoms with E-state index in [0.29, 0.717) is 0 Å². The maximum Gasteiger partial charge on any atom is 0.101 e. The van der Waals surface area contributed by atoms with Gasteiger partial charge >= 0.3 is 0 Å². The Morgan fingerprint density at radius 1 is 1.00 bits per heavy atom. The quantitative estimate of drug-likeness (QED) is 0.619. The lowest BCUT2D eigenvalue weighted by Crippen LogP contribution is -2.10. The van der Waals surface area contributed by atoms with Gasteiger partial charge in [-0.1, -0.05) is 36.1 Å². The number of hydrogen-bond donors (Lipinski definition) is 0. The van der Waals surface area contributed by atoms with Crippen molar-refractivity contribution in [2.24, 2.45) is 9.98 Å². The van der Waals surface area contributed by atoms with Gasteiger partial charge in [0.05, 0.1) is 23.5 Å². The van der Waals surface area contributed by atoms with E-state index in [0.717, 1.165) is 29.0 Å². The molecule has 0 saturated heterocycles. The molecule has 0 aliphatic heterocycles. The molecule has 0 aromatic heterocycles. The van der Waals surface area contributed by atoms with Gasteiger partial charge in [-0.2, -0.15) is 9.98 Å². The van der Waals surface area contributed by atoms with E-state index in [1.165, 1.54) is 0 Å². The smallest absolute Gasteiger partial charge is 0.101 e. The molecule has 0 amide bonds. The number of hydrogen-bond acceptors (Lipinski definition) is 3. The maximum atomic E-state index is 4.31. The molecular formula is C19H19N3. The highest BCUT2D eigenvalue weighted by molar-refractivity contribution is 5.63. The van der Waals surface area contributed by atoms with Gasteiger partial charge in [-0.3, -0.25) is 4.90 Å². The van der Waals surface area contributed by atoms with Crippen LogP contribution in [0.2, 0.25) is 0 Å². The Labute approximate surface area is 132 Å². The van der Waals surface area contributed by atoms with Crippen LogP contribution in [0.3, 0.4) is 0 Å². The Morgan fingerprint density at radius 2 is 1.77 bits per heavy atom. The molecule has 0 unspecified atom stereocenters. The van der Waals surface area contributed by atoms with Crippen molar-refractivity contribution in [3.8, 4) is 11.8 Å². The van der Waals surface area contributed by atoms with Crippen LogP contribution in [0.5, 0.6) is 0 Å². The number of aliphatic imine (C=N–C) groups is 2. The Balaban J connectivity index is 2.26. The summed E-state index contributed by atoms with van der Waals surface area (Å²) < 4.78 is 0. The molecule has 0 atom stereocenters. The molecule has 3 heteroatoms. The predicted octanol–water partition coefficient (Wildman–Crippen LogP) is 4.05. The van der Waals surface area contributed by atoms with Gasteiger partial charge in [0.1, 0.15) is 6.01 Å². The molecule has 3 nitrogen and oxygen atoms in total. The first kappa shape index (κ1) is 15.7. The summed E-state index contributed by atoms with van der Waals surface area (Å²) in [6.07, 6.45) is 0. The Hall–Kier alpha value is -2.66. The molecule has 0 radical (unpaired) electrons. The molecule has 2 rings (SSSR count). The van der Waals surface area contributed by atoms with Crippen LogP contribution in [0.15, 0.2) is 58.5 Å². The zero-order chi connectivity index (χ0) is 15.8. The van der Waals surface area contributed by atoms with Crippen molar-refractivity contribution in [3.63, 3.8) is 0 Å². The summed E-state index contributed by atoms with van der Waals surface area (Å²) in [5, 5.41) is 0. The average Bonchev–Trinajstić information content (AvgIpc) is 2.50.